The van der Waals surface area contributed by atoms with E-state index in [9.17, 15) is 19.8 Å². The van der Waals surface area contributed by atoms with Gasteiger partial charge in [-0.25, -0.2) is 9.97 Å². The molecule has 12 nitrogen and oxygen atoms in total. The highest BCUT2D eigenvalue weighted by atomic mass is 16.5. The van der Waals surface area contributed by atoms with Crippen LogP contribution in [0.5, 0.6) is 0 Å². The van der Waals surface area contributed by atoms with Crippen LogP contribution in [0.2, 0.25) is 0 Å². The maximum Gasteiger partial charge on any atom is 0.229 e. The first-order valence-corrected chi connectivity index (χ1v) is 22.1. The number of nitrogens with one attached hydrogen (secondary N) is 5. The third-order valence-electron chi connectivity index (χ3n) is 14.6. The van der Waals surface area contributed by atoms with Gasteiger partial charge in [-0.2, -0.15) is 0 Å². The average molecular weight is 820 g/mol. The van der Waals surface area contributed by atoms with Gasteiger partial charge in [-0.3, -0.25) is 9.59 Å². The Morgan fingerprint density at radius 1 is 0.600 bits per heavy atom. The highest BCUT2D eigenvalue weighted by Gasteiger charge is 2.61. The molecule has 7 N–H and O–H groups in total. The van der Waals surface area contributed by atoms with E-state index >= 15 is 0 Å². The molecule has 2 amide bonds. The molecular formula is C48H65N7O5. The molecule has 4 aliphatic rings. The van der Waals surface area contributed by atoms with E-state index in [-0.39, 0.29) is 34.7 Å². The molecule has 2 saturated heterocycles. The largest absolute Gasteiger partial charge is 0.389 e. The summed E-state index contributed by atoms with van der Waals surface area (Å²) in [6.45, 7) is 15.0. The number of piperidine rings is 1. The highest BCUT2D eigenvalue weighted by Crippen LogP contribution is 2.55. The van der Waals surface area contributed by atoms with Gasteiger partial charge in [0.05, 0.1) is 57.9 Å². The summed E-state index contributed by atoms with van der Waals surface area (Å²) in [5, 5.41) is 33.4. The third-order valence-corrected chi connectivity index (χ3v) is 14.6. The summed E-state index contributed by atoms with van der Waals surface area (Å²) in [4.78, 5) is 44.7. The molecule has 2 aromatic carbocycles. The van der Waals surface area contributed by atoms with E-state index in [2.05, 4.69) is 116 Å². The van der Waals surface area contributed by atoms with Crippen LogP contribution < -0.4 is 16.0 Å². The number of hydrogen-bond donors (Lipinski definition) is 7. The van der Waals surface area contributed by atoms with Gasteiger partial charge in [0.1, 0.15) is 11.6 Å². The Morgan fingerprint density at radius 2 is 0.967 bits per heavy atom. The first-order chi connectivity index (χ1) is 28.5. The van der Waals surface area contributed by atoms with E-state index in [1.807, 2.05) is 12.4 Å². The molecule has 0 bridgehead atoms. The first kappa shape index (κ1) is 42.3. The number of nitrogens with zero attached hydrogens (tertiary/aromatic N) is 2. The van der Waals surface area contributed by atoms with Gasteiger partial charge in [-0.15, -0.1) is 0 Å². The number of carbonyl (C=O) groups is 2. The Morgan fingerprint density at radius 3 is 1.32 bits per heavy atom. The fourth-order valence-electron chi connectivity index (χ4n) is 10.2. The maximum atomic E-state index is 14.1. The third kappa shape index (κ3) is 7.62. The number of imidazole rings is 2. The van der Waals surface area contributed by atoms with Crippen molar-refractivity contribution < 1.29 is 24.5 Å². The molecule has 4 heterocycles. The van der Waals surface area contributed by atoms with Crippen LogP contribution in [-0.4, -0.2) is 79.5 Å². The average Bonchev–Trinajstić information content (AvgIpc) is 3.86. The van der Waals surface area contributed by atoms with Gasteiger partial charge in [0, 0.05) is 26.1 Å². The second-order valence-electron chi connectivity index (χ2n) is 20.4. The lowest BCUT2D eigenvalue weighted by molar-refractivity contribution is -0.188. The highest BCUT2D eigenvalue weighted by molar-refractivity contribution is 5.86. The van der Waals surface area contributed by atoms with E-state index in [1.165, 1.54) is 0 Å². The minimum Gasteiger partial charge on any atom is -0.389 e. The van der Waals surface area contributed by atoms with Crippen molar-refractivity contribution in [2.45, 2.75) is 129 Å². The van der Waals surface area contributed by atoms with Gasteiger partial charge in [0.15, 0.2) is 0 Å². The molecule has 60 heavy (non-hydrogen) atoms. The molecule has 0 unspecified atom stereocenters. The SMILES string of the molecule is CC(C)(C)[C@H](NC(=O)C1(C2(O)CCNCC2)CCC1)c1ncc(-c2ccc(-c3ccc(-c4cnc([C@@H](NC(=O)C5(C6(O)CCOCC6)CCC5)C(C)(C)C)[nH]4)cc3)cc2)[nH]1. The lowest BCUT2D eigenvalue weighted by atomic mass is 9.55. The Hall–Kier alpha value is -4.36. The van der Waals surface area contributed by atoms with Crippen LogP contribution in [0.3, 0.4) is 0 Å². The number of aromatic amines is 2. The van der Waals surface area contributed by atoms with E-state index in [1.54, 1.807) is 0 Å². The summed E-state index contributed by atoms with van der Waals surface area (Å²) in [7, 11) is 0. The fraction of sp³-hybridized carbons (Fsp3) is 0.583. The fourth-order valence-corrected chi connectivity index (χ4v) is 10.2. The van der Waals surface area contributed by atoms with E-state index in [0.29, 0.717) is 76.2 Å². The van der Waals surface area contributed by atoms with Crippen molar-refractivity contribution in [3.8, 4) is 33.6 Å². The van der Waals surface area contributed by atoms with Gasteiger partial charge in [-0.05, 0) is 84.7 Å². The number of carbonyl (C=O) groups excluding carboxylic acids is 2. The Labute approximate surface area is 354 Å². The van der Waals surface area contributed by atoms with Crippen molar-refractivity contribution in [1.29, 1.82) is 0 Å². The van der Waals surface area contributed by atoms with Crippen LogP contribution >= 0.6 is 0 Å². The predicted molar refractivity (Wildman–Crippen MR) is 232 cm³/mol. The lowest BCUT2D eigenvalue weighted by Crippen LogP contribution is -2.64. The zero-order chi connectivity index (χ0) is 42.6. The van der Waals surface area contributed by atoms with Crippen molar-refractivity contribution in [3.63, 3.8) is 0 Å². The number of ether oxygens (including phenoxy) is 1. The Bertz CT molecular complexity index is 1990. The minimum atomic E-state index is -1.05. The maximum absolute atomic E-state index is 14.1. The molecule has 4 aromatic rings. The van der Waals surface area contributed by atoms with Gasteiger partial charge in [0.2, 0.25) is 11.8 Å². The summed E-state index contributed by atoms with van der Waals surface area (Å²) in [5.74, 6) is 1.23. The van der Waals surface area contributed by atoms with Crippen molar-refractivity contribution in [1.82, 2.24) is 35.9 Å². The zero-order valence-corrected chi connectivity index (χ0v) is 36.3. The second kappa shape index (κ2) is 15.8. The molecule has 12 heteroatoms. The van der Waals surface area contributed by atoms with E-state index in [4.69, 9.17) is 14.7 Å². The molecule has 8 rings (SSSR count). The smallest absolute Gasteiger partial charge is 0.229 e. The molecule has 2 aliphatic heterocycles. The van der Waals surface area contributed by atoms with E-state index in [0.717, 1.165) is 59.6 Å². The summed E-state index contributed by atoms with van der Waals surface area (Å²) in [5.41, 5.74) is 1.60. The first-order valence-electron chi connectivity index (χ1n) is 22.1. The lowest BCUT2D eigenvalue weighted by Gasteiger charge is -2.54. The standard InChI is InChI=1S/C48H65N7O5/c1-43(2,3)37(54-41(56)45(17-7-18-45)47(58)21-25-49-26-22-47)39-50-29-35(52-39)33-13-9-31(10-14-33)32-11-15-34(16-12-32)36-30-51-40(53-36)38(44(4,5)6)55-42(57)46(19-8-20-46)48(59)23-27-60-28-24-48/h9-16,29-30,37-38,49,58-59H,7-8,17-28H2,1-6H3,(H,50,52)(H,51,53)(H,54,56)(H,55,57)/t37-,38-/m1/s1. The van der Waals surface area contributed by atoms with Crippen LogP contribution in [0.25, 0.3) is 33.6 Å². The molecule has 2 aromatic heterocycles. The number of rotatable bonds is 11. The molecule has 2 atom stereocenters. The van der Waals surface area contributed by atoms with Crippen LogP contribution in [0.15, 0.2) is 60.9 Å². The number of hydrogen-bond acceptors (Lipinski definition) is 8. The van der Waals surface area contributed by atoms with Crippen LogP contribution in [0, 0.1) is 21.7 Å². The number of benzene rings is 2. The number of H-pyrrole nitrogens is 2. The van der Waals surface area contributed by atoms with Crippen LogP contribution in [-0.2, 0) is 14.3 Å². The number of amides is 2. The van der Waals surface area contributed by atoms with Gasteiger partial charge >= 0.3 is 0 Å². The van der Waals surface area contributed by atoms with Crippen molar-refractivity contribution in [2.75, 3.05) is 26.3 Å². The molecule has 2 aliphatic carbocycles. The molecule has 0 radical (unpaired) electrons. The van der Waals surface area contributed by atoms with Crippen molar-refractivity contribution in [3.05, 3.63) is 72.6 Å². The Balaban J connectivity index is 0.942. The van der Waals surface area contributed by atoms with Gasteiger partial charge in [-0.1, -0.05) is 103 Å². The summed E-state index contributed by atoms with van der Waals surface area (Å²) >= 11 is 0. The number of aromatic nitrogens is 4. The van der Waals surface area contributed by atoms with Crippen LogP contribution in [0.4, 0.5) is 0 Å². The predicted octanol–water partition coefficient (Wildman–Crippen LogP) is 7.54. The van der Waals surface area contributed by atoms with Gasteiger partial charge < -0.3 is 40.9 Å². The monoisotopic (exact) mass is 820 g/mol. The zero-order valence-electron chi connectivity index (χ0n) is 36.3. The molecule has 2 saturated carbocycles. The normalized spacial score (nSPS) is 21.8. The second-order valence-corrected chi connectivity index (χ2v) is 20.4. The molecule has 322 valence electrons. The summed E-state index contributed by atoms with van der Waals surface area (Å²) in [6, 6.07) is 16.0. The molecule has 0 spiro atoms. The Kier molecular flexibility index (Phi) is 11.2. The van der Waals surface area contributed by atoms with Crippen LogP contribution in [0.1, 0.15) is 129 Å². The van der Waals surface area contributed by atoms with E-state index < -0.39 is 22.0 Å². The van der Waals surface area contributed by atoms with Crippen molar-refractivity contribution >= 4 is 11.8 Å². The number of aliphatic hydroxyl groups is 2. The molecular weight excluding hydrogens is 755 g/mol. The topological polar surface area (TPSA) is 177 Å². The minimum absolute atomic E-state index is 0.0680. The van der Waals surface area contributed by atoms with Crippen molar-refractivity contribution in [2.24, 2.45) is 21.7 Å². The summed E-state index contributed by atoms with van der Waals surface area (Å²) in [6.07, 6.45) is 10.4. The van der Waals surface area contributed by atoms with Gasteiger partial charge in [0.25, 0.3) is 0 Å². The quantitative estimate of drug-likeness (QED) is 0.0812. The summed E-state index contributed by atoms with van der Waals surface area (Å²) < 4.78 is 5.54. The molecule has 4 fully saturated rings.